The fourth-order valence-electron chi connectivity index (χ4n) is 1.50. The number of hydrogen-bond acceptors (Lipinski definition) is 3. The van der Waals surface area contributed by atoms with Gasteiger partial charge in [-0.1, -0.05) is 48.0 Å². The summed E-state index contributed by atoms with van der Waals surface area (Å²) < 4.78 is 5.19. The molecule has 0 N–H and O–H groups in total. The molecule has 0 radical (unpaired) electrons. The first-order valence-corrected chi connectivity index (χ1v) is 5.89. The van der Waals surface area contributed by atoms with Gasteiger partial charge in [-0.2, -0.15) is 0 Å². The van der Waals surface area contributed by atoms with Gasteiger partial charge in [0.1, 0.15) is 11.8 Å². The number of carbonyl (C=O) groups is 1. The normalized spacial score (nSPS) is 10.1. The standard InChI is InChI=1S/C14H12ClNO2/c1-10-7-8-12(15)16-13(10)14(17)18-9-11-5-3-2-4-6-11/h2-8H,9H2,1H3. The Morgan fingerprint density at radius 1 is 1.22 bits per heavy atom. The van der Waals surface area contributed by atoms with Crippen molar-refractivity contribution in [2.75, 3.05) is 0 Å². The molecule has 0 bridgehead atoms. The summed E-state index contributed by atoms with van der Waals surface area (Å²) in [6, 6.07) is 12.9. The Labute approximate surface area is 110 Å². The molecule has 0 saturated carbocycles. The Morgan fingerprint density at radius 2 is 1.94 bits per heavy atom. The highest BCUT2D eigenvalue weighted by Gasteiger charge is 2.13. The topological polar surface area (TPSA) is 39.2 Å². The van der Waals surface area contributed by atoms with E-state index in [1.165, 1.54) is 0 Å². The molecule has 0 aliphatic rings. The maximum Gasteiger partial charge on any atom is 0.357 e. The van der Waals surface area contributed by atoms with Gasteiger partial charge < -0.3 is 4.74 Å². The minimum Gasteiger partial charge on any atom is -0.456 e. The molecule has 1 heterocycles. The van der Waals surface area contributed by atoms with Crippen molar-refractivity contribution in [1.82, 2.24) is 4.98 Å². The number of esters is 1. The summed E-state index contributed by atoms with van der Waals surface area (Å²) in [6.07, 6.45) is 0. The molecule has 2 rings (SSSR count). The fourth-order valence-corrected chi connectivity index (χ4v) is 1.65. The minimum atomic E-state index is -0.459. The van der Waals surface area contributed by atoms with Gasteiger partial charge in [0, 0.05) is 0 Å². The molecule has 3 nitrogen and oxygen atoms in total. The third-order valence-electron chi connectivity index (χ3n) is 2.47. The summed E-state index contributed by atoms with van der Waals surface area (Å²) in [5.74, 6) is -0.459. The van der Waals surface area contributed by atoms with Crippen molar-refractivity contribution in [3.05, 3.63) is 64.4 Å². The van der Waals surface area contributed by atoms with Crippen LogP contribution in [-0.2, 0) is 11.3 Å². The van der Waals surface area contributed by atoms with E-state index in [0.717, 1.165) is 11.1 Å². The number of carbonyl (C=O) groups excluding carboxylic acids is 1. The summed E-state index contributed by atoms with van der Waals surface area (Å²) in [5.41, 5.74) is 1.95. The van der Waals surface area contributed by atoms with Crippen LogP contribution >= 0.6 is 11.6 Å². The van der Waals surface area contributed by atoms with Crippen molar-refractivity contribution in [3.8, 4) is 0 Å². The van der Waals surface area contributed by atoms with E-state index in [0.29, 0.717) is 0 Å². The third kappa shape index (κ3) is 3.08. The molecule has 18 heavy (non-hydrogen) atoms. The molecule has 0 aliphatic carbocycles. The zero-order chi connectivity index (χ0) is 13.0. The van der Waals surface area contributed by atoms with Gasteiger partial charge in [-0.3, -0.25) is 0 Å². The lowest BCUT2D eigenvalue weighted by molar-refractivity contribution is 0.0465. The molecule has 0 fully saturated rings. The van der Waals surface area contributed by atoms with Gasteiger partial charge in [-0.15, -0.1) is 0 Å². The molecule has 92 valence electrons. The van der Waals surface area contributed by atoms with Crippen molar-refractivity contribution in [2.24, 2.45) is 0 Å². The number of nitrogens with zero attached hydrogens (tertiary/aromatic N) is 1. The van der Waals surface area contributed by atoms with Crippen LogP contribution in [0.5, 0.6) is 0 Å². The maximum atomic E-state index is 11.8. The smallest absolute Gasteiger partial charge is 0.357 e. The lowest BCUT2D eigenvalue weighted by atomic mass is 10.2. The molecule has 2 aromatic rings. The predicted molar refractivity (Wildman–Crippen MR) is 69.5 cm³/mol. The van der Waals surface area contributed by atoms with Crippen LogP contribution < -0.4 is 0 Å². The van der Waals surface area contributed by atoms with Crippen molar-refractivity contribution in [2.45, 2.75) is 13.5 Å². The van der Waals surface area contributed by atoms with Crippen LogP contribution in [0.25, 0.3) is 0 Å². The van der Waals surface area contributed by atoms with Crippen molar-refractivity contribution in [3.63, 3.8) is 0 Å². The number of hydrogen-bond donors (Lipinski definition) is 0. The van der Waals surface area contributed by atoms with Crippen LogP contribution in [0.4, 0.5) is 0 Å². The average Bonchev–Trinajstić information content (AvgIpc) is 2.40. The zero-order valence-corrected chi connectivity index (χ0v) is 10.6. The quantitative estimate of drug-likeness (QED) is 0.628. The molecular formula is C14H12ClNO2. The molecular weight excluding hydrogens is 250 g/mol. The highest BCUT2D eigenvalue weighted by atomic mass is 35.5. The first kappa shape index (κ1) is 12.6. The second kappa shape index (κ2) is 5.65. The summed E-state index contributed by atoms with van der Waals surface area (Å²) in [6.45, 7) is 2.02. The Kier molecular flexibility index (Phi) is 3.95. The van der Waals surface area contributed by atoms with E-state index < -0.39 is 5.97 Å². The second-order valence-corrected chi connectivity index (χ2v) is 4.25. The van der Waals surface area contributed by atoms with Crippen molar-refractivity contribution in [1.29, 1.82) is 0 Å². The number of benzene rings is 1. The third-order valence-corrected chi connectivity index (χ3v) is 2.68. The highest BCUT2D eigenvalue weighted by molar-refractivity contribution is 6.29. The number of aryl methyl sites for hydroxylation is 1. The van der Waals surface area contributed by atoms with Gasteiger partial charge in [0.2, 0.25) is 0 Å². The molecule has 4 heteroatoms. The molecule has 0 unspecified atom stereocenters. The second-order valence-electron chi connectivity index (χ2n) is 3.86. The van der Waals surface area contributed by atoms with E-state index in [1.807, 2.05) is 30.3 Å². The lowest BCUT2D eigenvalue weighted by Gasteiger charge is -2.06. The van der Waals surface area contributed by atoms with Crippen LogP contribution in [0.3, 0.4) is 0 Å². The minimum absolute atomic E-state index is 0.229. The van der Waals surface area contributed by atoms with Crippen LogP contribution in [0.1, 0.15) is 21.6 Å². The van der Waals surface area contributed by atoms with E-state index in [1.54, 1.807) is 19.1 Å². The van der Waals surface area contributed by atoms with Gasteiger partial charge in [0.05, 0.1) is 0 Å². The Bertz CT molecular complexity index is 555. The summed E-state index contributed by atoms with van der Waals surface area (Å²) in [5, 5.41) is 0.285. The Balaban J connectivity index is 2.06. The Morgan fingerprint density at radius 3 is 2.67 bits per heavy atom. The first-order chi connectivity index (χ1) is 8.66. The first-order valence-electron chi connectivity index (χ1n) is 5.51. The molecule has 0 aliphatic heterocycles. The predicted octanol–water partition coefficient (Wildman–Crippen LogP) is 3.40. The molecule has 0 atom stereocenters. The SMILES string of the molecule is Cc1ccc(Cl)nc1C(=O)OCc1ccccc1. The molecule has 1 aromatic heterocycles. The number of rotatable bonds is 3. The Hall–Kier alpha value is -1.87. The van der Waals surface area contributed by atoms with E-state index in [4.69, 9.17) is 16.3 Å². The van der Waals surface area contributed by atoms with Crippen LogP contribution in [-0.4, -0.2) is 11.0 Å². The zero-order valence-electron chi connectivity index (χ0n) is 9.89. The number of pyridine rings is 1. The maximum absolute atomic E-state index is 11.8. The number of ether oxygens (including phenoxy) is 1. The lowest BCUT2D eigenvalue weighted by Crippen LogP contribution is -2.09. The highest BCUT2D eigenvalue weighted by Crippen LogP contribution is 2.12. The summed E-state index contributed by atoms with van der Waals surface area (Å²) in [7, 11) is 0. The largest absolute Gasteiger partial charge is 0.456 e. The van der Waals surface area contributed by atoms with Gasteiger partial charge in [0.25, 0.3) is 0 Å². The molecule has 0 spiro atoms. The summed E-state index contributed by atoms with van der Waals surface area (Å²) in [4.78, 5) is 15.8. The van der Waals surface area contributed by atoms with Crippen molar-refractivity contribution >= 4 is 17.6 Å². The van der Waals surface area contributed by atoms with E-state index in [9.17, 15) is 4.79 Å². The number of aromatic nitrogens is 1. The van der Waals surface area contributed by atoms with Crippen LogP contribution in [0, 0.1) is 6.92 Å². The molecule has 1 aromatic carbocycles. The van der Waals surface area contributed by atoms with E-state index in [2.05, 4.69) is 4.98 Å². The fraction of sp³-hybridized carbons (Fsp3) is 0.143. The van der Waals surface area contributed by atoms with Crippen LogP contribution in [0.15, 0.2) is 42.5 Å². The van der Waals surface area contributed by atoms with Gasteiger partial charge in [0.15, 0.2) is 5.69 Å². The van der Waals surface area contributed by atoms with Gasteiger partial charge >= 0.3 is 5.97 Å². The average molecular weight is 262 g/mol. The molecule has 0 saturated heterocycles. The number of halogens is 1. The van der Waals surface area contributed by atoms with E-state index in [-0.39, 0.29) is 17.5 Å². The molecule has 0 amide bonds. The van der Waals surface area contributed by atoms with Crippen molar-refractivity contribution < 1.29 is 9.53 Å². The van der Waals surface area contributed by atoms with Gasteiger partial charge in [-0.05, 0) is 24.1 Å². The summed E-state index contributed by atoms with van der Waals surface area (Å²) >= 11 is 5.76. The van der Waals surface area contributed by atoms with Crippen LogP contribution in [0.2, 0.25) is 5.15 Å². The van der Waals surface area contributed by atoms with E-state index >= 15 is 0 Å². The monoisotopic (exact) mass is 261 g/mol. The van der Waals surface area contributed by atoms with Gasteiger partial charge in [-0.25, -0.2) is 9.78 Å².